The number of fused-ring (bicyclic) bond motifs is 1. The molecule has 9 heteroatoms. The van der Waals surface area contributed by atoms with Gasteiger partial charge < -0.3 is 4.90 Å². The van der Waals surface area contributed by atoms with Crippen LogP contribution in [0.15, 0.2) is 24.5 Å². The number of rotatable bonds is 3. The fraction of sp³-hybridized carbons (Fsp3) is 0.412. The fourth-order valence-electron chi connectivity index (χ4n) is 3.33. The standard InChI is InChI=1S/C17H17F2N5OS/c1-10-4-5-14(26-10)16(25)23-6-2-3-11(8-23)12-7-13(15(18)19)24-17(22-12)20-9-21-24/h4-5,7,9,11,15H,2-3,6,8H2,1H3/t11-/m1/s1. The molecule has 0 unspecified atom stereocenters. The third-order valence-corrected chi connectivity index (χ3v) is 5.59. The molecular weight excluding hydrogens is 360 g/mol. The minimum atomic E-state index is -2.67. The molecule has 0 aromatic carbocycles. The molecule has 26 heavy (non-hydrogen) atoms. The summed E-state index contributed by atoms with van der Waals surface area (Å²) >= 11 is 1.47. The van der Waals surface area contributed by atoms with E-state index in [4.69, 9.17) is 0 Å². The summed E-state index contributed by atoms with van der Waals surface area (Å²) in [6.07, 6.45) is 0.155. The monoisotopic (exact) mass is 377 g/mol. The van der Waals surface area contributed by atoms with E-state index in [1.165, 1.54) is 23.7 Å². The molecule has 0 spiro atoms. The fourth-order valence-corrected chi connectivity index (χ4v) is 4.16. The highest BCUT2D eigenvalue weighted by Gasteiger charge is 2.28. The predicted octanol–water partition coefficient (Wildman–Crippen LogP) is 3.45. The third kappa shape index (κ3) is 3.07. The van der Waals surface area contributed by atoms with Crippen LogP contribution >= 0.6 is 11.3 Å². The van der Waals surface area contributed by atoms with Gasteiger partial charge in [-0.25, -0.2) is 13.8 Å². The summed E-state index contributed by atoms with van der Waals surface area (Å²) in [5, 5.41) is 3.81. The number of alkyl halides is 2. The van der Waals surface area contributed by atoms with Crippen LogP contribution in [0.25, 0.3) is 5.78 Å². The first kappa shape index (κ1) is 17.0. The molecule has 0 bridgehead atoms. The van der Waals surface area contributed by atoms with E-state index in [1.807, 2.05) is 19.1 Å². The number of carbonyl (C=O) groups excluding carboxylic acids is 1. The Kier molecular flexibility index (Phi) is 4.39. The van der Waals surface area contributed by atoms with Crippen LogP contribution in [0.4, 0.5) is 8.78 Å². The van der Waals surface area contributed by atoms with Gasteiger partial charge >= 0.3 is 0 Å². The highest BCUT2D eigenvalue weighted by atomic mass is 32.1. The van der Waals surface area contributed by atoms with E-state index in [9.17, 15) is 13.6 Å². The molecule has 1 aliphatic heterocycles. The maximum absolute atomic E-state index is 13.4. The van der Waals surface area contributed by atoms with Crippen molar-refractivity contribution >= 4 is 23.0 Å². The van der Waals surface area contributed by atoms with Crippen LogP contribution in [0.3, 0.4) is 0 Å². The molecule has 1 atom stereocenters. The van der Waals surface area contributed by atoms with E-state index < -0.39 is 6.43 Å². The summed E-state index contributed by atoms with van der Waals surface area (Å²) in [4.78, 5) is 24.6. The summed E-state index contributed by atoms with van der Waals surface area (Å²) in [5.74, 6) is 0.0635. The molecule has 0 radical (unpaired) electrons. The maximum atomic E-state index is 13.4. The molecule has 3 aromatic rings. The van der Waals surface area contributed by atoms with Gasteiger partial charge in [-0.1, -0.05) is 0 Å². The number of halogens is 2. The Bertz CT molecular complexity index is 954. The van der Waals surface area contributed by atoms with Gasteiger partial charge in [0.15, 0.2) is 0 Å². The van der Waals surface area contributed by atoms with Crippen LogP contribution in [0.5, 0.6) is 0 Å². The number of thiophene rings is 1. The molecule has 0 saturated carbocycles. The number of aryl methyl sites for hydroxylation is 1. The van der Waals surface area contributed by atoms with Crippen molar-refractivity contribution in [3.8, 4) is 0 Å². The van der Waals surface area contributed by atoms with Gasteiger partial charge in [0.2, 0.25) is 0 Å². The van der Waals surface area contributed by atoms with Gasteiger partial charge in [-0.05, 0) is 38.0 Å². The van der Waals surface area contributed by atoms with Crippen molar-refractivity contribution in [3.05, 3.63) is 45.7 Å². The van der Waals surface area contributed by atoms with Gasteiger partial charge in [0.25, 0.3) is 18.1 Å². The summed E-state index contributed by atoms with van der Waals surface area (Å²) in [5.41, 5.74) is 0.320. The van der Waals surface area contributed by atoms with E-state index in [0.29, 0.717) is 23.7 Å². The summed E-state index contributed by atoms with van der Waals surface area (Å²) < 4.78 is 27.8. The minimum Gasteiger partial charge on any atom is -0.337 e. The second-order valence-corrected chi connectivity index (χ2v) is 7.67. The van der Waals surface area contributed by atoms with Crippen LogP contribution < -0.4 is 0 Å². The number of carbonyl (C=O) groups is 1. The Labute approximate surface area is 152 Å². The molecule has 4 heterocycles. The first-order chi connectivity index (χ1) is 12.5. The smallest absolute Gasteiger partial charge is 0.280 e. The quantitative estimate of drug-likeness (QED) is 0.701. The van der Waals surface area contributed by atoms with E-state index >= 15 is 0 Å². The van der Waals surface area contributed by atoms with Gasteiger partial charge in [-0.15, -0.1) is 11.3 Å². The normalized spacial score (nSPS) is 18.0. The molecule has 6 nitrogen and oxygen atoms in total. The molecule has 3 aromatic heterocycles. The molecule has 1 amide bonds. The van der Waals surface area contributed by atoms with Crippen molar-refractivity contribution in [2.45, 2.75) is 32.1 Å². The van der Waals surface area contributed by atoms with Gasteiger partial charge in [-0.2, -0.15) is 14.6 Å². The first-order valence-electron chi connectivity index (χ1n) is 8.37. The molecule has 0 N–H and O–H groups in total. The zero-order valence-electron chi connectivity index (χ0n) is 14.1. The van der Waals surface area contributed by atoms with Crippen LogP contribution in [-0.4, -0.2) is 43.5 Å². The SMILES string of the molecule is Cc1ccc(C(=O)N2CCC[C@@H](c3cc(C(F)F)n4ncnc4n3)C2)s1. The highest BCUT2D eigenvalue weighted by molar-refractivity contribution is 7.13. The lowest BCUT2D eigenvalue weighted by molar-refractivity contribution is 0.0710. The second-order valence-electron chi connectivity index (χ2n) is 6.38. The van der Waals surface area contributed by atoms with Crippen LogP contribution in [-0.2, 0) is 0 Å². The second kappa shape index (κ2) is 6.71. The lowest BCUT2D eigenvalue weighted by atomic mass is 9.94. The van der Waals surface area contributed by atoms with Crippen LogP contribution in [0.2, 0.25) is 0 Å². The van der Waals surface area contributed by atoms with Crippen molar-refractivity contribution in [1.29, 1.82) is 0 Å². The van der Waals surface area contributed by atoms with Crippen molar-refractivity contribution in [2.24, 2.45) is 0 Å². The lowest BCUT2D eigenvalue weighted by Gasteiger charge is -2.32. The highest BCUT2D eigenvalue weighted by Crippen LogP contribution is 2.30. The average Bonchev–Trinajstić information content (AvgIpc) is 3.28. The predicted molar refractivity (Wildman–Crippen MR) is 92.7 cm³/mol. The van der Waals surface area contributed by atoms with Gasteiger partial charge in [0.05, 0.1) is 10.6 Å². The van der Waals surface area contributed by atoms with Gasteiger partial charge in [0.1, 0.15) is 12.0 Å². The topological polar surface area (TPSA) is 63.4 Å². The molecule has 1 aliphatic rings. The lowest BCUT2D eigenvalue weighted by Crippen LogP contribution is -2.39. The Morgan fingerprint density at radius 3 is 2.96 bits per heavy atom. The van der Waals surface area contributed by atoms with Crippen molar-refractivity contribution < 1.29 is 13.6 Å². The Balaban J connectivity index is 1.61. The van der Waals surface area contributed by atoms with E-state index in [2.05, 4.69) is 15.1 Å². The number of likely N-dealkylation sites (tertiary alicyclic amines) is 1. The zero-order chi connectivity index (χ0) is 18.3. The number of nitrogens with zero attached hydrogens (tertiary/aromatic N) is 5. The number of hydrogen-bond acceptors (Lipinski definition) is 5. The largest absolute Gasteiger partial charge is 0.337 e. The van der Waals surface area contributed by atoms with E-state index in [1.54, 1.807) is 4.90 Å². The summed E-state index contributed by atoms with van der Waals surface area (Å²) in [6.45, 7) is 3.10. The molecule has 1 fully saturated rings. The minimum absolute atomic E-state index is 0.00885. The number of amides is 1. The number of aromatic nitrogens is 4. The molecular formula is C17H17F2N5OS. The summed E-state index contributed by atoms with van der Waals surface area (Å²) in [7, 11) is 0. The van der Waals surface area contributed by atoms with Crippen LogP contribution in [0, 0.1) is 6.92 Å². The third-order valence-electron chi connectivity index (χ3n) is 4.60. The molecule has 1 saturated heterocycles. The molecule has 0 aliphatic carbocycles. The van der Waals surface area contributed by atoms with Crippen LogP contribution in [0.1, 0.15) is 51.1 Å². The van der Waals surface area contributed by atoms with E-state index in [0.717, 1.165) is 22.2 Å². The van der Waals surface area contributed by atoms with Crippen molar-refractivity contribution in [3.63, 3.8) is 0 Å². The Morgan fingerprint density at radius 1 is 1.38 bits per heavy atom. The molecule has 4 rings (SSSR count). The van der Waals surface area contributed by atoms with E-state index in [-0.39, 0.29) is 23.3 Å². The Morgan fingerprint density at radius 2 is 2.23 bits per heavy atom. The van der Waals surface area contributed by atoms with Gasteiger partial charge in [-0.3, -0.25) is 4.79 Å². The van der Waals surface area contributed by atoms with Gasteiger partial charge in [0, 0.05) is 23.9 Å². The average molecular weight is 377 g/mol. The maximum Gasteiger partial charge on any atom is 0.280 e. The Hall–Kier alpha value is -2.42. The number of piperidine rings is 1. The summed E-state index contributed by atoms with van der Waals surface area (Å²) in [6, 6.07) is 5.15. The zero-order valence-corrected chi connectivity index (χ0v) is 14.9. The van der Waals surface area contributed by atoms with Crippen molar-refractivity contribution in [1.82, 2.24) is 24.5 Å². The first-order valence-corrected chi connectivity index (χ1v) is 9.19. The number of hydrogen-bond donors (Lipinski definition) is 0. The molecule has 136 valence electrons. The van der Waals surface area contributed by atoms with Crippen molar-refractivity contribution in [2.75, 3.05) is 13.1 Å².